The lowest BCUT2D eigenvalue weighted by molar-refractivity contribution is 0.414. The van der Waals surface area contributed by atoms with Gasteiger partial charge in [0.05, 0.1) is 19.0 Å². The summed E-state index contributed by atoms with van der Waals surface area (Å²) in [7, 11) is 1.51. The number of rotatable bonds is 4. The number of aromatic hydroxyl groups is 1. The van der Waals surface area contributed by atoms with Crippen molar-refractivity contribution in [3.63, 3.8) is 0 Å². The lowest BCUT2D eigenvalue weighted by atomic mass is 9.98. The van der Waals surface area contributed by atoms with E-state index < -0.39 is 5.63 Å². The first-order valence-corrected chi connectivity index (χ1v) is 7.08. The van der Waals surface area contributed by atoms with E-state index in [9.17, 15) is 9.90 Å². The van der Waals surface area contributed by atoms with Crippen molar-refractivity contribution >= 4 is 11.0 Å². The summed E-state index contributed by atoms with van der Waals surface area (Å²) >= 11 is 0. The number of nitrogens with zero attached hydrogens (tertiary/aromatic N) is 3. The van der Waals surface area contributed by atoms with Gasteiger partial charge < -0.3 is 14.3 Å². The molecule has 120 valence electrons. The zero-order valence-electron chi connectivity index (χ0n) is 12.8. The second kappa shape index (κ2) is 6.36. The number of benzene rings is 2. The van der Waals surface area contributed by atoms with Crippen LogP contribution in [0.15, 0.2) is 56.8 Å². The molecule has 24 heavy (non-hydrogen) atoms. The van der Waals surface area contributed by atoms with Crippen LogP contribution in [0.3, 0.4) is 0 Å². The van der Waals surface area contributed by atoms with Crippen LogP contribution in [0.1, 0.15) is 5.56 Å². The molecule has 3 aromatic rings. The van der Waals surface area contributed by atoms with Gasteiger partial charge in [-0.3, -0.25) is 0 Å². The molecule has 0 bridgehead atoms. The second-order valence-corrected chi connectivity index (χ2v) is 5.02. The molecule has 0 aliphatic carbocycles. The highest BCUT2D eigenvalue weighted by atomic mass is 16.5. The molecular weight excluding hydrogens is 310 g/mol. The first-order chi connectivity index (χ1) is 11.7. The third-order valence-corrected chi connectivity index (χ3v) is 3.67. The summed E-state index contributed by atoms with van der Waals surface area (Å²) in [5, 5.41) is 14.5. The number of para-hydroxylation sites is 1. The van der Waals surface area contributed by atoms with E-state index in [0.29, 0.717) is 27.8 Å². The van der Waals surface area contributed by atoms with Crippen LogP contribution in [0.5, 0.6) is 11.5 Å². The third kappa shape index (κ3) is 2.64. The van der Waals surface area contributed by atoms with Crippen LogP contribution in [0.25, 0.3) is 32.5 Å². The summed E-state index contributed by atoms with van der Waals surface area (Å²) in [4.78, 5) is 15.1. The van der Waals surface area contributed by atoms with Gasteiger partial charge in [0.15, 0.2) is 0 Å². The maximum absolute atomic E-state index is 12.4. The Morgan fingerprint density at radius 1 is 1.29 bits per heavy atom. The number of hydrogen-bond acceptors (Lipinski definition) is 5. The molecule has 1 N–H and O–H groups in total. The van der Waals surface area contributed by atoms with E-state index in [1.54, 1.807) is 42.5 Å². The van der Waals surface area contributed by atoms with Crippen LogP contribution in [0.4, 0.5) is 0 Å². The molecule has 0 saturated carbocycles. The Balaban J connectivity index is 2.31. The minimum Gasteiger partial charge on any atom is -0.506 e. The Morgan fingerprint density at radius 3 is 2.83 bits per heavy atom. The molecule has 0 unspecified atom stereocenters. The van der Waals surface area contributed by atoms with Crippen LogP contribution in [0.2, 0.25) is 0 Å². The summed E-state index contributed by atoms with van der Waals surface area (Å²) in [5.41, 5.74) is 9.20. The van der Waals surface area contributed by atoms with E-state index in [0.717, 1.165) is 0 Å². The van der Waals surface area contributed by atoms with Crippen molar-refractivity contribution in [3.8, 4) is 22.6 Å². The molecular formula is C17H13N3O4. The van der Waals surface area contributed by atoms with Gasteiger partial charge in [0.25, 0.3) is 0 Å². The third-order valence-electron chi connectivity index (χ3n) is 3.67. The number of ether oxygens (including phenoxy) is 1. The van der Waals surface area contributed by atoms with E-state index >= 15 is 0 Å². The maximum Gasteiger partial charge on any atom is 0.347 e. The molecule has 0 amide bonds. The van der Waals surface area contributed by atoms with Crippen LogP contribution in [-0.4, -0.2) is 12.2 Å². The molecule has 0 spiro atoms. The van der Waals surface area contributed by atoms with Gasteiger partial charge in [0.2, 0.25) is 0 Å². The summed E-state index contributed by atoms with van der Waals surface area (Å²) in [6, 6.07) is 11.7. The van der Waals surface area contributed by atoms with Gasteiger partial charge in [-0.1, -0.05) is 23.3 Å². The van der Waals surface area contributed by atoms with Crippen molar-refractivity contribution in [2.45, 2.75) is 6.54 Å². The highest BCUT2D eigenvalue weighted by Gasteiger charge is 2.18. The highest BCUT2D eigenvalue weighted by molar-refractivity contribution is 5.90. The van der Waals surface area contributed by atoms with Gasteiger partial charge in [-0.25, -0.2) is 4.79 Å². The van der Waals surface area contributed by atoms with Gasteiger partial charge in [0.1, 0.15) is 22.6 Å². The molecule has 7 heteroatoms. The molecule has 0 radical (unpaired) electrons. The molecule has 0 fully saturated rings. The Morgan fingerprint density at radius 2 is 2.08 bits per heavy atom. The van der Waals surface area contributed by atoms with Gasteiger partial charge in [-0.15, -0.1) is 0 Å². The fourth-order valence-corrected chi connectivity index (χ4v) is 2.55. The summed E-state index contributed by atoms with van der Waals surface area (Å²) < 4.78 is 10.5. The Hall–Kier alpha value is -3.44. The molecule has 0 atom stereocenters. The molecule has 0 aliphatic rings. The molecule has 0 saturated heterocycles. The average molecular weight is 323 g/mol. The monoisotopic (exact) mass is 323 g/mol. The quantitative estimate of drug-likeness (QED) is 0.339. The average Bonchev–Trinajstić information content (AvgIpc) is 2.60. The zero-order chi connectivity index (χ0) is 17.1. The SMILES string of the molecule is COc1ccc(-c2c(O)c3ccccc3oc2=O)c(CN=[N+]=[N-])c1. The van der Waals surface area contributed by atoms with Gasteiger partial charge in [0, 0.05) is 4.91 Å². The fourth-order valence-electron chi connectivity index (χ4n) is 2.55. The summed E-state index contributed by atoms with van der Waals surface area (Å²) in [6.45, 7) is 0.00867. The number of azide groups is 1. The number of hydrogen-bond donors (Lipinski definition) is 1. The fraction of sp³-hybridized carbons (Fsp3) is 0.118. The lowest BCUT2D eigenvalue weighted by Gasteiger charge is -2.11. The molecule has 3 rings (SSSR count). The van der Waals surface area contributed by atoms with Crippen molar-refractivity contribution in [2.75, 3.05) is 7.11 Å². The molecule has 7 nitrogen and oxygen atoms in total. The molecule has 0 aliphatic heterocycles. The first kappa shape index (κ1) is 15.5. The van der Waals surface area contributed by atoms with Crippen molar-refractivity contribution in [1.82, 2.24) is 0 Å². The van der Waals surface area contributed by atoms with Gasteiger partial charge >= 0.3 is 5.63 Å². The van der Waals surface area contributed by atoms with Crippen LogP contribution < -0.4 is 10.4 Å². The molecule has 1 aromatic heterocycles. The Labute approximate surface area is 136 Å². The van der Waals surface area contributed by atoms with E-state index in [2.05, 4.69) is 10.0 Å². The van der Waals surface area contributed by atoms with Gasteiger partial charge in [-0.05, 0) is 40.9 Å². The molecule has 1 heterocycles. The maximum atomic E-state index is 12.4. The minimum atomic E-state index is -0.668. The largest absolute Gasteiger partial charge is 0.506 e. The predicted octanol–water partition coefficient (Wildman–Crippen LogP) is 3.98. The van der Waals surface area contributed by atoms with E-state index in [4.69, 9.17) is 14.7 Å². The number of methoxy groups -OCH3 is 1. The topological polar surface area (TPSA) is 108 Å². The van der Waals surface area contributed by atoms with Crippen molar-refractivity contribution in [3.05, 3.63) is 68.9 Å². The normalized spacial score (nSPS) is 10.4. The van der Waals surface area contributed by atoms with Crippen LogP contribution >= 0.6 is 0 Å². The van der Waals surface area contributed by atoms with E-state index in [1.165, 1.54) is 7.11 Å². The van der Waals surface area contributed by atoms with Crippen molar-refractivity contribution in [1.29, 1.82) is 0 Å². The predicted molar refractivity (Wildman–Crippen MR) is 89.0 cm³/mol. The van der Waals surface area contributed by atoms with E-state index in [-0.39, 0.29) is 17.9 Å². The van der Waals surface area contributed by atoms with Crippen LogP contribution in [-0.2, 0) is 6.54 Å². The minimum absolute atomic E-state index is 0.00867. The Kier molecular flexibility index (Phi) is 4.09. The van der Waals surface area contributed by atoms with Crippen molar-refractivity contribution < 1.29 is 14.3 Å². The molecule has 2 aromatic carbocycles. The van der Waals surface area contributed by atoms with Crippen molar-refractivity contribution in [2.24, 2.45) is 5.11 Å². The standard InChI is InChI=1S/C17H13N3O4/c1-23-11-6-7-12(10(8-11)9-19-20-18)15-16(21)13-4-2-3-5-14(13)24-17(15)22/h2-8,21H,9H2,1H3. The summed E-state index contributed by atoms with van der Waals surface area (Å²) in [6.07, 6.45) is 0. The van der Waals surface area contributed by atoms with Gasteiger partial charge in [-0.2, -0.15) is 0 Å². The van der Waals surface area contributed by atoms with E-state index in [1.807, 2.05) is 0 Å². The number of fused-ring (bicyclic) bond motifs is 1. The van der Waals surface area contributed by atoms with Crippen LogP contribution in [0, 0.1) is 0 Å². The Bertz CT molecular complexity index is 1020. The zero-order valence-corrected chi connectivity index (χ0v) is 12.8. The lowest BCUT2D eigenvalue weighted by Crippen LogP contribution is -2.05. The summed E-state index contributed by atoms with van der Waals surface area (Å²) in [5.74, 6) is 0.376. The smallest absolute Gasteiger partial charge is 0.347 e. The highest BCUT2D eigenvalue weighted by Crippen LogP contribution is 2.36. The first-order valence-electron chi connectivity index (χ1n) is 7.08. The second-order valence-electron chi connectivity index (χ2n) is 5.02.